The summed E-state index contributed by atoms with van der Waals surface area (Å²) in [7, 11) is 0. The molecule has 15 nitrogen and oxygen atoms in total. The Labute approximate surface area is 439 Å². The van der Waals surface area contributed by atoms with Crippen LogP contribution in [0.1, 0.15) is 126 Å². The topological polar surface area (TPSA) is 202 Å². The molecule has 2 aliphatic rings. The number of aromatic amines is 1. The summed E-state index contributed by atoms with van der Waals surface area (Å²) < 4.78 is 52.5. The van der Waals surface area contributed by atoms with Crippen molar-refractivity contribution in [1.82, 2.24) is 35.7 Å². The third-order valence-electron chi connectivity index (χ3n) is 14.8. The molecule has 0 bridgehead atoms. The minimum atomic E-state index is -4.70. The Hall–Kier alpha value is -6.29. The standard InChI is InChI=1S/C57H75F3N8O7/c1-35(49(71)64-36(2)39-18-20-40(21-19-39)47-37(3)62-34-63-47)29-43(69)33-74-51(73)48(54(4,5)6)65-46(70)32-68-27-25-67(26-28-68)24-12-11-13-38-14-16-41(17-15-38)50(72)66-52-55(7,8)53(56(52,9)10)75-44-23-22-42(31-61)45(30-44)57(58,59)60/h14-23,30,34-36,43,48,52-53,69H,11-13,24-29,32-33H2,1-10H3,(H,62,63)(H,64,71)(H,65,70)(H,66,72)/t35-,36-,43+,48?,52-,53-/m0/s1. The molecular weight excluding hydrogens is 966 g/mol. The molecule has 3 aromatic carbocycles. The van der Waals surface area contributed by atoms with E-state index in [9.17, 15) is 42.7 Å². The molecule has 2 fully saturated rings. The molecule has 3 amide bonds. The van der Waals surface area contributed by atoms with Crippen molar-refractivity contribution in [2.75, 3.05) is 45.9 Å². The number of hydrogen-bond donors (Lipinski definition) is 5. The van der Waals surface area contributed by atoms with Crippen molar-refractivity contribution < 1.29 is 46.9 Å². The Morgan fingerprint density at radius 2 is 1.55 bits per heavy atom. The summed E-state index contributed by atoms with van der Waals surface area (Å²) >= 11 is 0. The van der Waals surface area contributed by atoms with Crippen LogP contribution >= 0.6 is 0 Å². The summed E-state index contributed by atoms with van der Waals surface area (Å²) in [6.07, 6.45) is -1.82. The van der Waals surface area contributed by atoms with Gasteiger partial charge in [0.2, 0.25) is 11.8 Å². The zero-order valence-corrected chi connectivity index (χ0v) is 45.0. The van der Waals surface area contributed by atoms with E-state index in [1.165, 1.54) is 6.07 Å². The Morgan fingerprint density at radius 1 is 0.907 bits per heavy atom. The molecule has 4 aromatic rings. The van der Waals surface area contributed by atoms with Crippen LogP contribution in [0.3, 0.4) is 0 Å². The lowest BCUT2D eigenvalue weighted by Crippen LogP contribution is -2.74. The molecule has 2 heterocycles. The summed E-state index contributed by atoms with van der Waals surface area (Å²) in [4.78, 5) is 65.0. The molecule has 1 saturated heterocycles. The van der Waals surface area contributed by atoms with Gasteiger partial charge in [0.15, 0.2) is 0 Å². The highest BCUT2D eigenvalue weighted by Gasteiger charge is 2.64. The number of amides is 3. The Bertz CT molecular complexity index is 2630. The second-order valence-corrected chi connectivity index (χ2v) is 22.6. The summed E-state index contributed by atoms with van der Waals surface area (Å²) in [5.41, 5.74) is 1.94. The molecule has 0 radical (unpaired) electrons. The fraction of sp³-hybridized carbons (Fsp3) is 0.544. The lowest BCUT2D eigenvalue weighted by Gasteiger charge is -2.63. The van der Waals surface area contributed by atoms with Crippen LogP contribution in [-0.4, -0.2) is 119 Å². The Kier molecular flexibility index (Phi) is 18.7. The number of aromatic nitrogens is 2. The van der Waals surface area contributed by atoms with Crippen molar-refractivity contribution in [3.63, 3.8) is 0 Å². The maximum atomic E-state index is 13.6. The van der Waals surface area contributed by atoms with Gasteiger partial charge in [-0.05, 0) is 98.5 Å². The van der Waals surface area contributed by atoms with Crippen LogP contribution in [0.5, 0.6) is 5.75 Å². The SMILES string of the molecule is Cc1nc[nH]c1-c1ccc([C@H](C)NC(=O)[C@@H](C)C[C@@H](O)COC(=O)C(NC(=O)CN2CCN(CCCCc3ccc(C(=O)N[C@H]4C(C)(C)[C@H](Oc5ccc(C#N)c(C(F)(F)F)c5)C4(C)C)cc3)CC2)C(C)(C)C)cc1. The van der Waals surface area contributed by atoms with Crippen molar-refractivity contribution in [2.45, 2.75) is 131 Å². The molecule has 75 heavy (non-hydrogen) atoms. The maximum absolute atomic E-state index is 13.6. The fourth-order valence-corrected chi connectivity index (χ4v) is 10.7. The number of carbonyl (C=O) groups excluding carboxylic acids is 4. The smallest absolute Gasteiger partial charge is 0.417 e. The number of benzene rings is 3. The number of aryl methyl sites for hydroxylation is 2. The average Bonchev–Trinajstić information content (AvgIpc) is 3.79. The lowest BCUT2D eigenvalue weighted by atomic mass is 9.49. The Balaban J connectivity index is 0.858. The molecule has 1 unspecified atom stereocenters. The van der Waals surface area contributed by atoms with Crippen LogP contribution in [-0.2, 0) is 31.7 Å². The summed E-state index contributed by atoms with van der Waals surface area (Å²) in [5, 5.41) is 29.0. The van der Waals surface area contributed by atoms with Crippen molar-refractivity contribution in [1.29, 1.82) is 5.26 Å². The van der Waals surface area contributed by atoms with Crippen molar-refractivity contribution >= 4 is 23.7 Å². The number of unbranched alkanes of at least 4 members (excludes halogenated alkanes) is 1. The van der Waals surface area contributed by atoms with Crippen LogP contribution < -0.4 is 20.7 Å². The van der Waals surface area contributed by atoms with Gasteiger partial charge in [-0.2, -0.15) is 18.4 Å². The van der Waals surface area contributed by atoms with E-state index >= 15 is 0 Å². The lowest BCUT2D eigenvalue weighted by molar-refractivity contribution is -0.164. The van der Waals surface area contributed by atoms with E-state index < -0.39 is 63.7 Å². The first kappa shape index (κ1) is 58.0. The van der Waals surface area contributed by atoms with E-state index in [2.05, 4.69) is 35.7 Å². The van der Waals surface area contributed by atoms with Crippen LogP contribution in [0.4, 0.5) is 13.2 Å². The number of nitrogens with zero attached hydrogens (tertiary/aromatic N) is 4. The van der Waals surface area contributed by atoms with Crippen LogP contribution in [0.25, 0.3) is 11.3 Å². The third kappa shape index (κ3) is 14.8. The fourth-order valence-electron chi connectivity index (χ4n) is 10.7. The number of H-pyrrole nitrogens is 1. The first-order chi connectivity index (χ1) is 35.2. The van der Waals surface area contributed by atoms with E-state index in [0.717, 1.165) is 79.1 Å². The zero-order valence-electron chi connectivity index (χ0n) is 45.0. The van der Waals surface area contributed by atoms with Crippen LogP contribution in [0.2, 0.25) is 0 Å². The maximum Gasteiger partial charge on any atom is 0.417 e. The van der Waals surface area contributed by atoms with Crippen molar-refractivity contribution in [3.8, 4) is 23.1 Å². The van der Waals surface area contributed by atoms with E-state index in [-0.39, 0.29) is 55.1 Å². The van der Waals surface area contributed by atoms with Gasteiger partial charge in [0.1, 0.15) is 24.5 Å². The highest BCUT2D eigenvalue weighted by atomic mass is 19.4. The molecule has 1 aromatic heterocycles. The van der Waals surface area contributed by atoms with Gasteiger partial charge in [-0.3, -0.25) is 19.3 Å². The van der Waals surface area contributed by atoms with Gasteiger partial charge in [-0.1, -0.05) is 91.8 Å². The number of halogens is 3. The molecule has 0 spiro atoms. The minimum absolute atomic E-state index is 0.0104. The molecule has 4 atom stereocenters. The number of carbonyl (C=O) groups is 4. The first-order valence-corrected chi connectivity index (χ1v) is 25.9. The predicted molar refractivity (Wildman–Crippen MR) is 279 cm³/mol. The number of alkyl halides is 3. The molecular formula is C57H75F3N8O7. The predicted octanol–water partition coefficient (Wildman–Crippen LogP) is 8.17. The summed E-state index contributed by atoms with van der Waals surface area (Å²) in [6.45, 7) is 22.4. The average molecular weight is 1040 g/mol. The third-order valence-corrected chi connectivity index (χ3v) is 14.8. The number of imidazole rings is 1. The van der Waals surface area contributed by atoms with Gasteiger partial charge in [-0.25, -0.2) is 9.78 Å². The number of aliphatic hydroxyl groups excluding tert-OH is 1. The quantitative estimate of drug-likeness (QED) is 0.0398. The molecule has 5 N–H and O–H groups in total. The zero-order chi connectivity index (χ0) is 55.0. The Morgan fingerprint density at radius 3 is 2.13 bits per heavy atom. The second kappa shape index (κ2) is 24.1. The molecule has 18 heteroatoms. The number of aliphatic hydroxyl groups is 1. The van der Waals surface area contributed by atoms with E-state index in [1.54, 1.807) is 31.5 Å². The highest BCUT2D eigenvalue weighted by Crippen LogP contribution is 2.56. The van der Waals surface area contributed by atoms with Crippen molar-refractivity contribution in [2.24, 2.45) is 22.2 Å². The molecule has 1 aliphatic carbocycles. The largest absolute Gasteiger partial charge is 0.489 e. The van der Waals surface area contributed by atoms with Gasteiger partial charge in [0.25, 0.3) is 5.91 Å². The second-order valence-electron chi connectivity index (χ2n) is 22.6. The monoisotopic (exact) mass is 1040 g/mol. The van der Waals surface area contributed by atoms with Gasteiger partial charge >= 0.3 is 12.1 Å². The van der Waals surface area contributed by atoms with Crippen molar-refractivity contribution in [3.05, 3.63) is 107 Å². The first-order valence-electron chi connectivity index (χ1n) is 25.9. The molecule has 1 aliphatic heterocycles. The number of hydrogen-bond acceptors (Lipinski definition) is 11. The van der Waals surface area contributed by atoms with Crippen LogP contribution in [0, 0.1) is 40.4 Å². The van der Waals surface area contributed by atoms with E-state index in [0.29, 0.717) is 18.7 Å². The highest BCUT2D eigenvalue weighted by molar-refractivity contribution is 5.94. The van der Waals surface area contributed by atoms with Crippen LogP contribution in [0.15, 0.2) is 73.1 Å². The number of nitrogens with one attached hydrogen (secondary N) is 4. The molecule has 406 valence electrons. The number of esters is 1. The van der Waals surface area contributed by atoms with E-state index in [4.69, 9.17) is 9.47 Å². The van der Waals surface area contributed by atoms with E-state index in [1.807, 2.05) is 98.7 Å². The van der Waals surface area contributed by atoms with Gasteiger partial charge < -0.3 is 40.4 Å². The number of nitriles is 1. The van der Waals surface area contributed by atoms with Gasteiger partial charge in [0, 0.05) is 54.5 Å². The minimum Gasteiger partial charge on any atom is -0.489 e. The number of ether oxygens (including phenoxy) is 2. The summed E-state index contributed by atoms with van der Waals surface area (Å²) in [5.74, 6) is -1.98. The number of piperazine rings is 1. The molecule has 6 rings (SSSR count). The van der Waals surface area contributed by atoms with Gasteiger partial charge in [0.05, 0.1) is 53.6 Å². The summed E-state index contributed by atoms with van der Waals surface area (Å²) in [6, 6.07) is 18.7. The molecule has 1 saturated carbocycles. The van der Waals surface area contributed by atoms with Gasteiger partial charge in [-0.15, -0.1) is 0 Å². The normalized spacial score (nSPS) is 19.3. The number of rotatable bonds is 21.